The van der Waals surface area contributed by atoms with Gasteiger partial charge in [-0.1, -0.05) is 75.6 Å². The first-order valence-electron chi connectivity index (χ1n) is 14.1. The fourth-order valence-corrected chi connectivity index (χ4v) is 5.50. The first-order valence-corrected chi connectivity index (χ1v) is 14.1. The van der Waals surface area contributed by atoms with Crippen LogP contribution >= 0.6 is 0 Å². The van der Waals surface area contributed by atoms with Crippen LogP contribution in [0.3, 0.4) is 0 Å². The van der Waals surface area contributed by atoms with E-state index in [0.717, 1.165) is 5.56 Å². The van der Waals surface area contributed by atoms with E-state index in [9.17, 15) is 24.6 Å². The zero-order valence-corrected chi connectivity index (χ0v) is 23.4. The topological polar surface area (TPSA) is 132 Å². The minimum Gasteiger partial charge on any atom is -0.494 e. The summed E-state index contributed by atoms with van der Waals surface area (Å²) in [7, 11) is 0. The van der Waals surface area contributed by atoms with Gasteiger partial charge >= 0.3 is 0 Å². The summed E-state index contributed by atoms with van der Waals surface area (Å²) in [6.45, 7) is 5.09. The van der Waals surface area contributed by atoms with Crippen LogP contribution in [0.2, 0.25) is 0 Å². The molecule has 1 aliphatic carbocycles. The van der Waals surface area contributed by atoms with Crippen LogP contribution in [0.15, 0.2) is 54.6 Å². The number of aromatic hydroxyl groups is 2. The highest BCUT2D eigenvalue weighted by Crippen LogP contribution is 2.33. The molecule has 2 amide bonds. The first kappa shape index (κ1) is 28.9. The largest absolute Gasteiger partial charge is 0.494 e. The number of hydrogen-bond donors (Lipinski definition) is 5. The molecular formula is C32H39N3O5. The number of aromatic amines is 1. The standard InChI is InChI=1S/C32H39N3O5/c1-19(2)28(29(37)27-20(3)30(38)35-32(27)40)34-26(36)18-25(23-12-8-5-9-13-23)33-31(39)24-16-14-22(15-17-24)21-10-6-4-7-11-21/h5,8-9,12-17,19,21,25,28,35,38,40H,4,6-7,10-11,18H2,1-3H3,(H,33,39)(H,34,36)/t25-,28-/m0/s1. The lowest BCUT2D eigenvalue weighted by Gasteiger charge is -2.24. The molecule has 1 fully saturated rings. The average Bonchev–Trinajstić information content (AvgIpc) is 3.22. The number of nitrogens with one attached hydrogen (secondary N) is 3. The van der Waals surface area contributed by atoms with Gasteiger partial charge in [-0.05, 0) is 54.9 Å². The summed E-state index contributed by atoms with van der Waals surface area (Å²) in [6, 6.07) is 15.4. The van der Waals surface area contributed by atoms with Crippen LogP contribution in [0, 0.1) is 12.8 Å². The number of carbonyl (C=O) groups is 3. The van der Waals surface area contributed by atoms with Gasteiger partial charge in [-0.25, -0.2) is 0 Å². The van der Waals surface area contributed by atoms with Crippen LogP contribution in [-0.2, 0) is 4.79 Å². The van der Waals surface area contributed by atoms with Crippen LogP contribution < -0.4 is 10.6 Å². The van der Waals surface area contributed by atoms with E-state index in [1.807, 2.05) is 54.6 Å². The first-order chi connectivity index (χ1) is 19.2. The molecule has 40 heavy (non-hydrogen) atoms. The monoisotopic (exact) mass is 545 g/mol. The molecule has 0 bridgehead atoms. The van der Waals surface area contributed by atoms with Gasteiger partial charge in [-0.15, -0.1) is 0 Å². The van der Waals surface area contributed by atoms with Crippen LogP contribution in [0.1, 0.15) is 102 Å². The molecular weight excluding hydrogens is 506 g/mol. The van der Waals surface area contributed by atoms with Crippen molar-refractivity contribution < 1.29 is 24.6 Å². The molecule has 2 atom stereocenters. The molecule has 0 unspecified atom stereocenters. The zero-order valence-electron chi connectivity index (χ0n) is 23.4. The number of ketones is 1. The molecule has 212 valence electrons. The van der Waals surface area contributed by atoms with Gasteiger partial charge < -0.3 is 20.8 Å². The molecule has 0 saturated heterocycles. The Morgan fingerprint density at radius 2 is 1.55 bits per heavy atom. The third kappa shape index (κ3) is 6.73. The number of benzene rings is 2. The van der Waals surface area contributed by atoms with Crippen LogP contribution in [0.25, 0.3) is 0 Å². The quantitative estimate of drug-likeness (QED) is 0.210. The van der Waals surface area contributed by atoms with Crippen molar-refractivity contribution in [1.29, 1.82) is 0 Å². The maximum absolute atomic E-state index is 13.3. The van der Waals surface area contributed by atoms with Crippen molar-refractivity contribution in [2.24, 2.45) is 5.92 Å². The Morgan fingerprint density at radius 1 is 0.900 bits per heavy atom. The third-order valence-corrected chi connectivity index (χ3v) is 7.86. The highest BCUT2D eigenvalue weighted by molar-refractivity contribution is 6.05. The number of rotatable bonds is 10. The van der Waals surface area contributed by atoms with E-state index in [4.69, 9.17) is 0 Å². The molecule has 1 aromatic heterocycles. The minimum atomic E-state index is -0.938. The van der Waals surface area contributed by atoms with E-state index < -0.39 is 29.7 Å². The summed E-state index contributed by atoms with van der Waals surface area (Å²) in [4.78, 5) is 42.1. The van der Waals surface area contributed by atoms with Gasteiger partial charge in [0, 0.05) is 11.1 Å². The maximum atomic E-state index is 13.3. The van der Waals surface area contributed by atoms with Crippen LogP contribution in [0.4, 0.5) is 0 Å². The molecule has 0 radical (unpaired) electrons. The molecule has 8 heteroatoms. The Bertz CT molecular complexity index is 1320. The minimum absolute atomic E-state index is 0.0546. The normalized spacial score (nSPS) is 15.4. The van der Waals surface area contributed by atoms with Crippen LogP contribution in [0.5, 0.6) is 11.8 Å². The summed E-state index contributed by atoms with van der Waals surface area (Å²) >= 11 is 0. The lowest BCUT2D eigenvalue weighted by atomic mass is 9.84. The van der Waals surface area contributed by atoms with Crippen molar-refractivity contribution >= 4 is 17.6 Å². The molecule has 0 aliphatic heterocycles. The fourth-order valence-electron chi connectivity index (χ4n) is 5.50. The van der Waals surface area contributed by atoms with Gasteiger partial charge in [0.15, 0.2) is 11.7 Å². The van der Waals surface area contributed by atoms with Gasteiger partial charge in [-0.3, -0.25) is 19.4 Å². The zero-order chi connectivity index (χ0) is 28.8. The fraction of sp³-hybridized carbons (Fsp3) is 0.406. The predicted octanol–water partition coefficient (Wildman–Crippen LogP) is 5.67. The number of H-pyrrole nitrogens is 1. The molecule has 1 heterocycles. The van der Waals surface area contributed by atoms with Crippen molar-refractivity contribution in [2.45, 2.75) is 77.3 Å². The summed E-state index contributed by atoms with van der Waals surface area (Å²) < 4.78 is 0. The maximum Gasteiger partial charge on any atom is 0.251 e. The number of hydrogen-bond acceptors (Lipinski definition) is 5. The molecule has 0 spiro atoms. The van der Waals surface area contributed by atoms with E-state index >= 15 is 0 Å². The Morgan fingerprint density at radius 3 is 2.12 bits per heavy atom. The third-order valence-electron chi connectivity index (χ3n) is 7.86. The SMILES string of the molecule is Cc1c(O)[nH]c(O)c1C(=O)[C@@H](NC(=O)C[C@H](NC(=O)c1ccc(C2CCCCC2)cc1)c1ccccc1)C(C)C. The van der Waals surface area contributed by atoms with Gasteiger partial charge in [0.25, 0.3) is 5.91 Å². The van der Waals surface area contributed by atoms with Crippen molar-refractivity contribution in [1.82, 2.24) is 15.6 Å². The second kappa shape index (κ2) is 12.9. The van der Waals surface area contributed by atoms with E-state index in [0.29, 0.717) is 11.5 Å². The predicted molar refractivity (Wildman–Crippen MR) is 153 cm³/mol. The summed E-state index contributed by atoms with van der Waals surface area (Å²) in [5, 5.41) is 25.8. The Hall–Kier alpha value is -4.07. The Balaban J connectivity index is 1.48. The van der Waals surface area contributed by atoms with Crippen molar-refractivity contribution in [3.63, 3.8) is 0 Å². The van der Waals surface area contributed by atoms with Gasteiger partial charge in [0.2, 0.25) is 11.8 Å². The van der Waals surface area contributed by atoms with Crippen molar-refractivity contribution in [2.75, 3.05) is 0 Å². The van der Waals surface area contributed by atoms with Crippen molar-refractivity contribution in [3.8, 4) is 11.8 Å². The van der Waals surface area contributed by atoms with Gasteiger partial charge in [0.05, 0.1) is 24.1 Å². The molecule has 1 aliphatic rings. The smallest absolute Gasteiger partial charge is 0.251 e. The summed E-state index contributed by atoms with van der Waals surface area (Å²) in [5.74, 6) is -1.70. The van der Waals surface area contributed by atoms with E-state index in [1.54, 1.807) is 13.8 Å². The summed E-state index contributed by atoms with van der Waals surface area (Å²) in [6.07, 6.45) is 6.05. The highest BCUT2D eigenvalue weighted by atomic mass is 16.3. The number of carbonyl (C=O) groups excluding carboxylic acids is 3. The second-order valence-electron chi connectivity index (χ2n) is 11.1. The van der Waals surface area contributed by atoms with Gasteiger partial charge in [0.1, 0.15) is 0 Å². The number of aromatic nitrogens is 1. The number of Topliss-reactive ketones (excluding diaryl/α,β-unsaturated/α-hetero) is 1. The van der Waals surface area contributed by atoms with Crippen molar-refractivity contribution in [3.05, 3.63) is 82.4 Å². The van der Waals surface area contributed by atoms with E-state index in [2.05, 4.69) is 15.6 Å². The lowest BCUT2D eigenvalue weighted by Crippen LogP contribution is -2.45. The molecule has 4 rings (SSSR count). The van der Waals surface area contributed by atoms with E-state index in [1.165, 1.54) is 44.6 Å². The highest BCUT2D eigenvalue weighted by Gasteiger charge is 2.31. The van der Waals surface area contributed by atoms with E-state index in [-0.39, 0.29) is 35.3 Å². The average molecular weight is 546 g/mol. The lowest BCUT2D eigenvalue weighted by molar-refractivity contribution is -0.122. The van der Waals surface area contributed by atoms with Crippen LogP contribution in [-0.4, -0.2) is 38.8 Å². The molecule has 1 saturated carbocycles. The van der Waals surface area contributed by atoms with Gasteiger partial charge in [-0.2, -0.15) is 0 Å². The Kier molecular flexibility index (Phi) is 9.30. The molecule has 8 nitrogen and oxygen atoms in total. The molecule has 2 aromatic carbocycles. The molecule has 5 N–H and O–H groups in total. The molecule has 3 aromatic rings. The Labute approximate surface area is 235 Å². The second-order valence-corrected chi connectivity index (χ2v) is 11.1. The number of amides is 2. The summed E-state index contributed by atoms with van der Waals surface area (Å²) in [5.41, 5.74) is 2.71.